The number of ketones is 1. The summed E-state index contributed by atoms with van der Waals surface area (Å²) in [5.41, 5.74) is -0.265. The molecule has 0 N–H and O–H groups in total. The summed E-state index contributed by atoms with van der Waals surface area (Å²) in [5.74, 6) is -0.384. The van der Waals surface area contributed by atoms with Gasteiger partial charge in [-0.15, -0.1) is 0 Å². The summed E-state index contributed by atoms with van der Waals surface area (Å²) >= 11 is 0. The van der Waals surface area contributed by atoms with Crippen LogP contribution in [0, 0.1) is 5.82 Å². The lowest BCUT2D eigenvalue weighted by atomic mass is 9.77. The van der Waals surface area contributed by atoms with Crippen molar-refractivity contribution in [2.75, 3.05) is 0 Å². The van der Waals surface area contributed by atoms with Gasteiger partial charge in [0.1, 0.15) is 5.82 Å². The van der Waals surface area contributed by atoms with E-state index in [1.807, 2.05) is 34.6 Å². The van der Waals surface area contributed by atoms with E-state index in [2.05, 4.69) is 0 Å². The minimum atomic E-state index is -0.788. The minimum absolute atomic E-state index is 0.0274. The number of hydrogen-bond donors (Lipinski definition) is 0. The first-order valence-corrected chi connectivity index (χ1v) is 7.86. The van der Waals surface area contributed by atoms with E-state index >= 15 is 0 Å². The van der Waals surface area contributed by atoms with Crippen molar-refractivity contribution < 1.29 is 18.5 Å². The third-order valence-electron chi connectivity index (χ3n) is 4.58. The Hall–Kier alpha value is -1.20. The van der Waals surface area contributed by atoms with Crippen molar-refractivity contribution in [3.8, 4) is 0 Å². The molecule has 0 aromatic heterocycles. The van der Waals surface area contributed by atoms with Crippen LogP contribution in [0.15, 0.2) is 18.2 Å². The summed E-state index contributed by atoms with van der Waals surface area (Å²) in [4.78, 5) is 12.1. The van der Waals surface area contributed by atoms with Gasteiger partial charge >= 0.3 is 7.12 Å². The lowest BCUT2D eigenvalue weighted by molar-refractivity contribution is 0.00578. The first-order chi connectivity index (χ1) is 10.2. The molecule has 0 aliphatic carbocycles. The number of hydrogen-bond acceptors (Lipinski definition) is 3. The molecule has 0 bridgehead atoms. The fraction of sp³-hybridized carbons (Fsp3) is 0.588. The first kappa shape index (κ1) is 17.2. The van der Waals surface area contributed by atoms with Crippen LogP contribution in [0.3, 0.4) is 0 Å². The Balaban J connectivity index is 2.27. The van der Waals surface area contributed by atoms with Gasteiger partial charge in [0.15, 0.2) is 5.78 Å². The number of carbonyl (C=O) groups excluding carboxylic acids is 1. The normalized spacial score (nSPS) is 19.5. The van der Waals surface area contributed by atoms with Crippen LogP contribution in [0.2, 0.25) is 0 Å². The van der Waals surface area contributed by atoms with E-state index in [-0.39, 0.29) is 5.78 Å². The SMILES string of the molecule is CCCCC(=O)c1ccc(F)c(B2OC(C)(C)C(C)(C)O2)c1. The van der Waals surface area contributed by atoms with Gasteiger partial charge in [0.05, 0.1) is 11.2 Å². The molecule has 1 aromatic rings. The molecule has 0 spiro atoms. The molecule has 1 aliphatic heterocycles. The Bertz CT molecular complexity index is 553. The van der Waals surface area contributed by atoms with Gasteiger partial charge in [0.2, 0.25) is 0 Å². The van der Waals surface area contributed by atoms with Gasteiger partial charge in [-0.2, -0.15) is 0 Å². The quantitative estimate of drug-likeness (QED) is 0.617. The summed E-state index contributed by atoms with van der Waals surface area (Å²) in [6.45, 7) is 9.71. The molecule has 1 aromatic carbocycles. The van der Waals surface area contributed by atoms with Crippen LogP contribution in [0.4, 0.5) is 4.39 Å². The molecular weight excluding hydrogens is 282 g/mol. The van der Waals surface area contributed by atoms with Crippen molar-refractivity contribution in [1.29, 1.82) is 0 Å². The van der Waals surface area contributed by atoms with Crippen LogP contribution in [0.1, 0.15) is 64.2 Å². The summed E-state index contributed by atoms with van der Waals surface area (Å²) in [6, 6.07) is 4.41. The Morgan fingerprint density at radius 2 is 1.77 bits per heavy atom. The highest BCUT2D eigenvalue weighted by atomic mass is 19.1. The van der Waals surface area contributed by atoms with Gasteiger partial charge in [-0.3, -0.25) is 4.79 Å². The molecule has 0 atom stereocenters. The average molecular weight is 306 g/mol. The van der Waals surface area contributed by atoms with Crippen molar-refractivity contribution in [2.45, 2.75) is 65.1 Å². The van der Waals surface area contributed by atoms with E-state index in [0.29, 0.717) is 17.4 Å². The van der Waals surface area contributed by atoms with E-state index in [1.165, 1.54) is 12.1 Å². The van der Waals surface area contributed by atoms with Gasteiger partial charge in [0, 0.05) is 17.4 Å². The molecule has 0 amide bonds. The summed E-state index contributed by atoms with van der Waals surface area (Å²) in [7, 11) is -0.788. The van der Waals surface area contributed by atoms with Gasteiger partial charge in [-0.25, -0.2) is 4.39 Å². The molecule has 1 heterocycles. The van der Waals surface area contributed by atoms with Crippen LogP contribution in [-0.2, 0) is 9.31 Å². The van der Waals surface area contributed by atoms with Gasteiger partial charge in [0.25, 0.3) is 0 Å². The lowest BCUT2D eigenvalue weighted by Crippen LogP contribution is -2.41. The van der Waals surface area contributed by atoms with Crippen LogP contribution >= 0.6 is 0 Å². The minimum Gasteiger partial charge on any atom is -0.399 e. The molecule has 1 aliphatic rings. The van der Waals surface area contributed by atoms with Crippen LogP contribution in [0.25, 0.3) is 0 Å². The largest absolute Gasteiger partial charge is 0.497 e. The second-order valence-corrected chi connectivity index (χ2v) is 6.85. The molecule has 22 heavy (non-hydrogen) atoms. The third kappa shape index (κ3) is 3.25. The van der Waals surface area contributed by atoms with Crippen molar-refractivity contribution in [2.24, 2.45) is 0 Å². The fourth-order valence-corrected chi connectivity index (χ4v) is 2.35. The highest BCUT2D eigenvalue weighted by molar-refractivity contribution is 6.62. The zero-order valence-electron chi connectivity index (χ0n) is 14.0. The number of carbonyl (C=O) groups is 1. The van der Waals surface area contributed by atoms with Crippen molar-refractivity contribution in [1.82, 2.24) is 0 Å². The predicted molar refractivity (Wildman–Crippen MR) is 86.0 cm³/mol. The summed E-state index contributed by atoms with van der Waals surface area (Å²) < 4.78 is 25.9. The average Bonchev–Trinajstić information content (AvgIpc) is 2.65. The zero-order valence-corrected chi connectivity index (χ0v) is 14.0. The molecule has 0 radical (unpaired) electrons. The highest BCUT2D eigenvalue weighted by Crippen LogP contribution is 2.36. The van der Waals surface area contributed by atoms with Crippen LogP contribution in [-0.4, -0.2) is 24.1 Å². The van der Waals surface area contributed by atoms with Crippen LogP contribution in [0.5, 0.6) is 0 Å². The maximum absolute atomic E-state index is 14.2. The Morgan fingerprint density at radius 1 is 1.18 bits per heavy atom. The summed E-state index contributed by atoms with van der Waals surface area (Å²) in [5, 5.41) is 0. The third-order valence-corrected chi connectivity index (χ3v) is 4.58. The standard InChI is InChI=1S/C17H24BFO3/c1-6-7-8-15(20)12-9-10-14(19)13(11-12)18-21-16(2,3)17(4,5)22-18/h9-11H,6-8H2,1-5H3. The fourth-order valence-electron chi connectivity index (χ4n) is 2.35. The van der Waals surface area contributed by atoms with Gasteiger partial charge in [-0.05, 0) is 52.3 Å². The van der Waals surface area contributed by atoms with E-state index in [9.17, 15) is 9.18 Å². The summed E-state index contributed by atoms with van der Waals surface area (Å²) in [6.07, 6.45) is 2.27. The number of halogens is 1. The smallest absolute Gasteiger partial charge is 0.399 e. The molecule has 1 fully saturated rings. The monoisotopic (exact) mass is 306 g/mol. The maximum Gasteiger partial charge on any atom is 0.497 e. The molecule has 2 rings (SSSR count). The van der Waals surface area contributed by atoms with E-state index in [1.54, 1.807) is 6.07 Å². The van der Waals surface area contributed by atoms with Gasteiger partial charge < -0.3 is 9.31 Å². The second-order valence-electron chi connectivity index (χ2n) is 6.85. The zero-order chi connectivity index (χ0) is 16.5. The molecule has 5 heteroatoms. The van der Waals surface area contributed by atoms with Crippen LogP contribution < -0.4 is 5.46 Å². The molecule has 3 nitrogen and oxygen atoms in total. The van der Waals surface area contributed by atoms with E-state index < -0.39 is 24.1 Å². The Kier molecular flexibility index (Phi) is 4.78. The molecule has 0 saturated carbocycles. The number of unbranched alkanes of at least 4 members (excludes halogenated alkanes) is 1. The lowest BCUT2D eigenvalue weighted by Gasteiger charge is -2.32. The van der Waals surface area contributed by atoms with Gasteiger partial charge in [-0.1, -0.05) is 13.3 Å². The molecular formula is C17H24BFO3. The maximum atomic E-state index is 14.2. The Morgan fingerprint density at radius 3 is 2.32 bits per heavy atom. The molecule has 0 unspecified atom stereocenters. The first-order valence-electron chi connectivity index (χ1n) is 7.86. The van der Waals surface area contributed by atoms with Crippen molar-refractivity contribution >= 4 is 18.4 Å². The van der Waals surface area contributed by atoms with Crippen molar-refractivity contribution in [3.63, 3.8) is 0 Å². The second kappa shape index (κ2) is 6.13. The predicted octanol–water partition coefficient (Wildman–Crippen LogP) is 3.50. The van der Waals surface area contributed by atoms with Crippen molar-refractivity contribution in [3.05, 3.63) is 29.6 Å². The van der Waals surface area contributed by atoms with E-state index in [0.717, 1.165) is 12.8 Å². The highest BCUT2D eigenvalue weighted by Gasteiger charge is 2.52. The molecule has 120 valence electrons. The number of rotatable bonds is 5. The number of benzene rings is 1. The van der Waals surface area contributed by atoms with E-state index in [4.69, 9.17) is 9.31 Å². The Labute approximate surface area is 132 Å². The number of Topliss-reactive ketones (excluding diaryl/α,β-unsaturated/α-hetero) is 1. The molecule has 1 saturated heterocycles. The topological polar surface area (TPSA) is 35.5 Å².